The molecule has 1 N–H and O–H groups in total. The Morgan fingerprint density at radius 2 is 2.00 bits per heavy atom. The Morgan fingerprint density at radius 3 is 2.53 bits per heavy atom. The summed E-state index contributed by atoms with van der Waals surface area (Å²) >= 11 is 0. The number of nitrogens with zero attached hydrogens (tertiary/aromatic N) is 1. The fourth-order valence-electron chi connectivity index (χ4n) is 1.44. The summed E-state index contributed by atoms with van der Waals surface area (Å²) in [7, 11) is 0. The van der Waals surface area contributed by atoms with E-state index in [9.17, 15) is 9.59 Å². The lowest BCUT2D eigenvalue weighted by atomic mass is 10.2. The summed E-state index contributed by atoms with van der Waals surface area (Å²) in [6, 6.07) is 2.83. The standard InChI is InChI=1S/C14H20N2O3/c1-9-7-6-8-15-11(9)12(17)16-10(2)13(18)19-14(3,4)5/h6-8,10H,1-5H3,(H,16,17)/t10-/m1/s1. The van der Waals surface area contributed by atoms with Gasteiger partial charge in [0.15, 0.2) is 0 Å². The Morgan fingerprint density at radius 1 is 1.37 bits per heavy atom. The van der Waals surface area contributed by atoms with Crippen LogP contribution in [0.5, 0.6) is 0 Å². The highest BCUT2D eigenvalue weighted by Gasteiger charge is 2.24. The zero-order valence-electron chi connectivity index (χ0n) is 12.0. The Balaban J connectivity index is 2.67. The molecule has 0 saturated carbocycles. The van der Waals surface area contributed by atoms with Crippen molar-refractivity contribution in [2.75, 3.05) is 0 Å². The van der Waals surface area contributed by atoms with Crippen LogP contribution in [0.15, 0.2) is 18.3 Å². The number of hydrogen-bond donors (Lipinski definition) is 1. The number of aryl methyl sites for hydroxylation is 1. The van der Waals surface area contributed by atoms with Crippen LogP contribution in [0.4, 0.5) is 0 Å². The normalized spacial score (nSPS) is 12.7. The predicted octanol–water partition coefficient (Wildman–Crippen LogP) is 1.85. The predicted molar refractivity (Wildman–Crippen MR) is 71.7 cm³/mol. The molecule has 0 fully saturated rings. The van der Waals surface area contributed by atoms with Crippen LogP contribution in [0, 0.1) is 6.92 Å². The number of amides is 1. The van der Waals surface area contributed by atoms with Gasteiger partial charge in [0.2, 0.25) is 0 Å². The molecule has 1 rings (SSSR count). The molecular weight excluding hydrogens is 244 g/mol. The van der Waals surface area contributed by atoms with E-state index in [1.165, 1.54) is 0 Å². The van der Waals surface area contributed by atoms with Crippen molar-refractivity contribution in [1.82, 2.24) is 10.3 Å². The minimum Gasteiger partial charge on any atom is -0.458 e. The first-order valence-electron chi connectivity index (χ1n) is 6.16. The van der Waals surface area contributed by atoms with Gasteiger partial charge in [-0.05, 0) is 46.2 Å². The second kappa shape index (κ2) is 5.82. The molecule has 1 aromatic rings. The molecule has 0 aliphatic rings. The van der Waals surface area contributed by atoms with E-state index in [1.807, 2.05) is 0 Å². The number of nitrogens with one attached hydrogen (secondary N) is 1. The SMILES string of the molecule is Cc1cccnc1C(=O)N[C@H](C)C(=O)OC(C)(C)C. The second-order valence-corrected chi connectivity index (χ2v) is 5.40. The van der Waals surface area contributed by atoms with E-state index in [2.05, 4.69) is 10.3 Å². The van der Waals surface area contributed by atoms with Gasteiger partial charge < -0.3 is 10.1 Å². The zero-order valence-corrected chi connectivity index (χ0v) is 12.0. The third-order valence-corrected chi connectivity index (χ3v) is 2.33. The number of pyridine rings is 1. The third kappa shape index (κ3) is 4.69. The van der Waals surface area contributed by atoms with Crippen LogP contribution in [-0.4, -0.2) is 28.5 Å². The van der Waals surface area contributed by atoms with Gasteiger partial charge in [-0.1, -0.05) is 6.07 Å². The first kappa shape index (κ1) is 15.1. The lowest BCUT2D eigenvalue weighted by Crippen LogP contribution is -2.42. The lowest BCUT2D eigenvalue weighted by molar-refractivity contribution is -0.156. The largest absolute Gasteiger partial charge is 0.458 e. The number of carbonyl (C=O) groups excluding carboxylic acids is 2. The van der Waals surface area contributed by atoms with Gasteiger partial charge in [0.1, 0.15) is 17.3 Å². The Hall–Kier alpha value is -1.91. The molecule has 0 bridgehead atoms. The van der Waals surface area contributed by atoms with E-state index in [-0.39, 0.29) is 5.91 Å². The number of hydrogen-bond acceptors (Lipinski definition) is 4. The van der Waals surface area contributed by atoms with Gasteiger partial charge in [-0.15, -0.1) is 0 Å². The maximum atomic E-state index is 12.0. The summed E-state index contributed by atoms with van der Waals surface area (Å²) in [5.41, 5.74) is 0.506. The number of rotatable bonds is 3. The summed E-state index contributed by atoms with van der Waals surface area (Å²) in [4.78, 5) is 27.7. The summed E-state index contributed by atoms with van der Waals surface area (Å²) < 4.78 is 5.19. The van der Waals surface area contributed by atoms with E-state index in [4.69, 9.17) is 4.74 Å². The second-order valence-electron chi connectivity index (χ2n) is 5.40. The van der Waals surface area contributed by atoms with Crippen molar-refractivity contribution in [1.29, 1.82) is 0 Å². The Kier molecular flexibility index (Phi) is 4.64. The maximum Gasteiger partial charge on any atom is 0.328 e. The topological polar surface area (TPSA) is 68.3 Å². The fraction of sp³-hybridized carbons (Fsp3) is 0.500. The molecule has 19 heavy (non-hydrogen) atoms. The molecule has 5 heteroatoms. The Labute approximate surface area is 113 Å². The van der Waals surface area contributed by atoms with Crippen LogP contribution < -0.4 is 5.32 Å². The quantitative estimate of drug-likeness (QED) is 0.846. The first-order valence-corrected chi connectivity index (χ1v) is 6.16. The van der Waals surface area contributed by atoms with Crippen LogP contribution in [0.2, 0.25) is 0 Å². The van der Waals surface area contributed by atoms with Crippen molar-refractivity contribution in [3.63, 3.8) is 0 Å². The van der Waals surface area contributed by atoms with Gasteiger partial charge in [-0.2, -0.15) is 0 Å². The number of esters is 1. The molecule has 104 valence electrons. The van der Waals surface area contributed by atoms with Crippen LogP contribution in [0.1, 0.15) is 43.7 Å². The summed E-state index contributed by atoms with van der Waals surface area (Å²) in [6.45, 7) is 8.72. The van der Waals surface area contributed by atoms with Crippen LogP contribution in [-0.2, 0) is 9.53 Å². The summed E-state index contributed by atoms with van der Waals surface area (Å²) in [5, 5.41) is 2.58. The average Bonchev–Trinajstić information content (AvgIpc) is 2.27. The highest BCUT2D eigenvalue weighted by atomic mass is 16.6. The molecule has 0 aromatic carbocycles. The van der Waals surface area contributed by atoms with Crippen LogP contribution in [0.3, 0.4) is 0 Å². The third-order valence-electron chi connectivity index (χ3n) is 2.33. The van der Waals surface area contributed by atoms with Crippen molar-refractivity contribution in [3.05, 3.63) is 29.6 Å². The summed E-state index contributed by atoms with van der Waals surface area (Å²) in [5.74, 6) is -0.842. The highest BCUT2D eigenvalue weighted by molar-refractivity contribution is 5.96. The maximum absolute atomic E-state index is 12.0. The van der Waals surface area contributed by atoms with E-state index < -0.39 is 17.6 Å². The van der Waals surface area contributed by atoms with Crippen molar-refractivity contribution in [2.24, 2.45) is 0 Å². The minimum absolute atomic E-state index is 0.318. The summed E-state index contributed by atoms with van der Waals surface area (Å²) in [6.07, 6.45) is 1.54. The van der Waals surface area contributed by atoms with E-state index >= 15 is 0 Å². The molecular formula is C14H20N2O3. The van der Waals surface area contributed by atoms with Gasteiger partial charge in [0.05, 0.1) is 0 Å². The highest BCUT2D eigenvalue weighted by Crippen LogP contribution is 2.09. The lowest BCUT2D eigenvalue weighted by Gasteiger charge is -2.22. The first-order chi connectivity index (χ1) is 8.70. The monoisotopic (exact) mass is 264 g/mol. The molecule has 0 spiro atoms. The van der Waals surface area contributed by atoms with Gasteiger partial charge >= 0.3 is 5.97 Å². The van der Waals surface area contributed by atoms with Gasteiger partial charge in [0.25, 0.3) is 5.91 Å². The number of ether oxygens (including phenoxy) is 1. The van der Waals surface area contributed by atoms with Crippen molar-refractivity contribution in [3.8, 4) is 0 Å². The van der Waals surface area contributed by atoms with Crippen molar-refractivity contribution >= 4 is 11.9 Å². The Bertz CT molecular complexity index is 478. The van der Waals surface area contributed by atoms with Crippen molar-refractivity contribution in [2.45, 2.75) is 46.3 Å². The van der Waals surface area contributed by atoms with E-state index in [0.717, 1.165) is 5.56 Å². The number of carbonyl (C=O) groups is 2. The molecule has 1 aromatic heterocycles. The van der Waals surface area contributed by atoms with Gasteiger partial charge in [-0.25, -0.2) is 4.79 Å². The molecule has 0 aliphatic heterocycles. The molecule has 5 nitrogen and oxygen atoms in total. The zero-order chi connectivity index (χ0) is 14.6. The smallest absolute Gasteiger partial charge is 0.328 e. The molecule has 0 aliphatic carbocycles. The van der Waals surface area contributed by atoms with Crippen molar-refractivity contribution < 1.29 is 14.3 Å². The molecule has 0 radical (unpaired) electrons. The van der Waals surface area contributed by atoms with Gasteiger partial charge in [-0.3, -0.25) is 9.78 Å². The van der Waals surface area contributed by atoms with Gasteiger partial charge in [0, 0.05) is 6.20 Å². The van der Waals surface area contributed by atoms with Crippen LogP contribution >= 0.6 is 0 Å². The molecule has 0 saturated heterocycles. The average molecular weight is 264 g/mol. The molecule has 1 heterocycles. The van der Waals surface area contributed by atoms with E-state index in [0.29, 0.717) is 5.69 Å². The minimum atomic E-state index is -0.715. The molecule has 1 atom stereocenters. The van der Waals surface area contributed by atoms with E-state index in [1.54, 1.807) is 52.9 Å². The molecule has 0 unspecified atom stereocenters. The van der Waals surface area contributed by atoms with Crippen LogP contribution in [0.25, 0.3) is 0 Å². The fourth-order valence-corrected chi connectivity index (χ4v) is 1.44. The number of aromatic nitrogens is 1. The molecule has 1 amide bonds.